The molecule has 2 aromatic carbocycles. The Morgan fingerprint density at radius 2 is 1.91 bits per heavy atom. The number of ether oxygens (including phenoxy) is 2. The molecule has 1 fully saturated rings. The van der Waals surface area contributed by atoms with Crippen LogP contribution >= 0.6 is 0 Å². The Morgan fingerprint density at radius 3 is 2.62 bits per heavy atom. The van der Waals surface area contributed by atoms with Gasteiger partial charge in [-0.3, -0.25) is 14.6 Å². The van der Waals surface area contributed by atoms with Crippen LogP contribution in [-0.2, 0) is 22.7 Å². The number of halogens is 1. The number of methoxy groups -OCH3 is 1. The first-order valence-electron chi connectivity index (χ1n) is 10.8. The Bertz CT molecular complexity index is 1130. The standard InChI is InChI=1S/C25H25FN4O4/c1-33-20-8-6-18(7-9-20)13-29-14-21(34-17-19-4-2-3-5-22(19)26)15-30(16-24(29)31)25(32)23-12-27-10-11-28-23/h2-12,21H,13-17H2,1H3. The zero-order chi connectivity index (χ0) is 23.9. The van der Waals surface area contributed by atoms with Crippen LogP contribution in [0.25, 0.3) is 0 Å². The maximum absolute atomic E-state index is 14.1. The molecule has 1 unspecified atom stereocenters. The van der Waals surface area contributed by atoms with Crippen LogP contribution in [-0.4, -0.2) is 64.4 Å². The first-order chi connectivity index (χ1) is 16.5. The molecular formula is C25H25FN4O4. The second kappa shape index (κ2) is 10.8. The summed E-state index contributed by atoms with van der Waals surface area (Å²) in [7, 11) is 1.59. The van der Waals surface area contributed by atoms with Gasteiger partial charge in [0.15, 0.2) is 0 Å². The predicted molar refractivity (Wildman–Crippen MR) is 121 cm³/mol. The molecule has 0 saturated carbocycles. The summed E-state index contributed by atoms with van der Waals surface area (Å²) in [5.41, 5.74) is 1.47. The van der Waals surface area contributed by atoms with Crippen molar-refractivity contribution in [3.8, 4) is 5.75 Å². The summed E-state index contributed by atoms with van der Waals surface area (Å²) in [6.07, 6.45) is 3.74. The summed E-state index contributed by atoms with van der Waals surface area (Å²) in [5.74, 6) is -0.273. The lowest BCUT2D eigenvalue weighted by molar-refractivity contribution is -0.132. The molecule has 34 heavy (non-hydrogen) atoms. The van der Waals surface area contributed by atoms with Gasteiger partial charge in [0.05, 0.1) is 26.0 Å². The molecule has 4 rings (SSSR count). The van der Waals surface area contributed by atoms with E-state index in [0.717, 1.165) is 11.3 Å². The molecule has 1 aliphatic heterocycles. The summed E-state index contributed by atoms with van der Waals surface area (Å²) in [4.78, 5) is 37.2. The Balaban J connectivity index is 1.54. The molecule has 1 aliphatic rings. The highest BCUT2D eigenvalue weighted by Gasteiger charge is 2.32. The summed E-state index contributed by atoms with van der Waals surface area (Å²) in [5, 5.41) is 0. The van der Waals surface area contributed by atoms with Crippen LogP contribution in [0, 0.1) is 5.82 Å². The van der Waals surface area contributed by atoms with Crippen molar-refractivity contribution in [2.45, 2.75) is 19.3 Å². The van der Waals surface area contributed by atoms with Gasteiger partial charge < -0.3 is 19.3 Å². The van der Waals surface area contributed by atoms with Crippen LogP contribution in [0.1, 0.15) is 21.6 Å². The van der Waals surface area contributed by atoms with E-state index in [0.29, 0.717) is 12.1 Å². The number of carbonyl (C=O) groups is 2. The van der Waals surface area contributed by atoms with E-state index in [9.17, 15) is 14.0 Å². The maximum Gasteiger partial charge on any atom is 0.274 e. The lowest BCUT2D eigenvalue weighted by Gasteiger charge is -2.25. The molecule has 1 aromatic heterocycles. The van der Waals surface area contributed by atoms with Crippen LogP contribution in [0.2, 0.25) is 0 Å². The molecule has 0 N–H and O–H groups in total. The summed E-state index contributed by atoms with van der Waals surface area (Å²) in [6.45, 7) is 0.661. The molecule has 2 amide bonds. The van der Waals surface area contributed by atoms with Gasteiger partial charge in [0.2, 0.25) is 5.91 Å². The first-order valence-corrected chi connectivity index (χ1v) is 10.8. The minimum atomic E-state index is -0.523. The fourth-order valence-corrected chi connectivity index (χ4v) is 3.74. The number of aromatic nitrogens is 2. The highest BCUT2D eigenvalue weighted by Crippen LogP contribution is 2.18. The molecule has 2 heterocycles. The average molecular weight is 464 g/mol. The van der Waals surface area contributed by atoms with Crippen molar-refractivity contribution in [1.82, 2.24) is 19.8 Å². The van der Waals surface area contributed by atoms with Crippen LogP contribution in [0.3, 0.4) is 0 Å². The van der Waals surface area contributed by atoms with Crippen LogP contribution in [0.5, 0.6) is 5.75 Å². The largest absolute Gasteiger partial charge is 0.497 e. The van der Waals surface area contributed by atoms with E-state index in [4.69, 9.17) is 9.47 Å². The minimum absolute atomic E-state index is 0.0229. The van der Waals surface area contributed by atoms with E-state index in [-0.39, 0.29) is 43.7 Å². The molecule has 176 valence electrons. The molecule has 8 nitrogen and oxygen atoms in total. The zero-order valence-electron chi connectivity index (χ0n) is 18.8. The van der Waals surface area contributed by atoms with Gasteiger partial charge in [-0.25, -0.2) is 9.37 Å². The minimum Gasteiger partial charge on any atom is -0.497 e. The van der Waals surface area contributed by atoms with Crippen molar-refractivity contribution < 1.29 is 23.5 Å². The third-order valence-electron chi connectivity index (χ3n) is 5.56. The lowest BCUT2D eigenvalue weighted by Crippen LogP contribution is -2.40. The number of nitrogens with zero attached hydrogens (tertiary/aromatic N) is 4. The summed E-state index contributed by atoms with van der Waals surface area (Å²) >= 11 is 0. The van der Waals surface area contributed by atoms with E-state index in [1.807, 2.05) is 24.3 Å². The number of carbonyl (C=O) groups excluding carboxylic acids is 2. The van der Waals surface area contributed by atoms with E-state index in [1.54, 1.807) is 30.2 Å². The number of benzene rings is 2. The molecule has 0 aliphatic carbocycles. The van der Waals surface area contributed by atoms with Gasteiger partial charge in [-0.2, -0.15) is 0 Å². The third-order valence-corrected chi connectivity index (χ3v) is 5.56. The molecule has 1 saturated heterocycles. The van der Waals surface area contributed by atoms with Crippen molar-refractivity contribution >= 4 is 11.8 Å². The number of amides is 2. The number of hydrogen-bond donors (Lipinski definition) is 0. The van der Waals surface area contributed by atoms with Crippen molar-refractivity contribution in [2.75, 3.05) is 26.7 Å². The number of hydrogen-bond acceptors (Lipinski definition) is 6. The Hall–Kier alpha value is -3.85. The van der Waals surface area contributed by atoms with Gasteiger partial charge in [0, 0.05) is 37.6 Å². The Kier molecular flexibility index (Phi) is 7.44. The van der Waals surface area contributed by atoms with Gasteiger partial charge in [-0.15, -0.1) is 0 Å². The summed E-state index contributed by atoms with van der Waals surface area (Å²) in [6, 6.07) is 13.8. The van der Waals surface area contributed by atoms with E-state index in [2.05, 4.69) is 9.97 Å². The van der Waals surface area contributed by atoms with Gasteiger partial charge in [0.1, 0.15) is 23.8 Å². The maximum atomic E-state index is 14.1. The SMILES string of the molecule is COc1ccc(CN2CC(OCc3ccccc3F)CN(C(=O)c3cnccn3)CC2=O)cc1. The van der Waals surface area contributed by atoms with Crippen molar-refractivity contribution in [3.63, 3.8) is 0 Å². The third kappa shape index (κ3) is 5.74. The van der Waals surface area contributed by atoms with Crippen LogP contribution < -0.4 is 4.74 Å². The van der Waals surface area contributed by atoms with E-state index >= 15 is 0 Å². The lowest BCUT2D eigenvalue weighted by atomic mass is 10.2. The number of rotatable bonds is 7. The molecule has 9 heteroatoms. The van der Waals surface area contributed by atoms with Gasteiger partial charge in [-0.05, 0) is 23.8 Å². The first kappa shape index (κ1) is 23.3. The van der Waals surface area contributed by atoms with Crippen LogP contribution in [0.4, 0.5) is 4.39 Å². The highest BCUT2D eigenvalue weighted by molar-refractivity contribution is 5.95. The molecule has 0 spiro atoms. The second-order valence-corrected chi connectivity index (χ2v) is 7.92. The normalized spacial score (nSPS) is 16.3. The smallest absolute Gasteiger partial charge is 0.274 e. The Morgan fingerprint density at radius 1 is 1.12 bits per heavy atom. The van der Waals surface area contributed by atoms with Crippen molar-refractivity contribution in [3.05, 3.63) is 89.8 Å². The van der Waals surface area contributed by atoms with Gasteiger partial charge >= 0.3 is 0 Å². The highest BCUT2D eigenvalue weighted by atomic mass is 19.1. The second-order valence-electron chi connectivity index (χ2n) is 7.92. The topological polar surface area (TPSA) is 84.9 Å². The van der Waals surface area contributed by atoms with Crippen molar-refractivity contribution in [2.24, 2.45) is 0 Å². The molecule has 1 atom stereocenters. The van der Waals surface area contributed by atoms with Gasteiger partial charge in [-0.1, -0.05) is 30.3 Å². The summed E-state index contributed by atoms with van der Waals surface area (Å²) < 4.78 is 25.3. The average Bonchev–Trinajstić information content (AvgIpc) is 3.02. The van der Waals surface area contributed by atoms with Crippen LogP contribution in [0.15, 0.2) is 67.1 Å². The van der Waals surface area contributed by atoms with Gasteiger partial charge in [0.25, 0.3) is 5.91 Å². The quantitative estimate of drug-likeness (QED) is 0.535. The molecule has 0 bridgehead atoms. The van der Waals surface area contributed by atoms with E-state index in [1.165, 1.54) is 29.6 Å². The predicted octanol–water partition coefficient (Wildman–Crippen LogP) is 2.69. The fraction of sp³-hybridized carbons (Fsp3) is 0.280. The fourth-order valence-electron chi connectivity index (χ4n) is 3.74. The molecule has 3 aromatic rings. The molecular weight excluding hydrogens is 439 g/mol. The monoisotopic (exact) mass is 464 g/mol. The molecule has 0 radical (unpaired) electrons. The zero-order valence-corrected chi connectivity index (χ0v) is 18.8. The Labute approximate surface area is 196 Å². The van der Waals surface area contributed by atoms with E-state index < -0.39 is 12.0 Å². The van der Waals surface area contributed by atoms with Crippen molar-refractivity contribution in [1.29, 1.82) is 0 Å².